The van der Waals surface area contributed by atoms with E-state index < -0.39 is 0 Å². The van der Waals surface area contributed by atoms with E-state index in [4.69, 9.17) is 6.57 Å². The van der Waals surface area contributed by atoms with E-state index in [2.05, 4.69) is 250 Å². The minimum absolute atomic E-state index is 0.265. The molecule has 0 aliphatic heterocycles. The summed E-state index contributed by atoms with van der Waals surface area (Å²) in [6.45, 7) is 13.6. The van der Waals surface area contributed by atoms with Crippen molar-refractivity contribution in [2.45, 2.75) is 19.3 Å². The van der Waals surface area contributed by atoms with Crippen LogP contribution in [0.5, 0.6) is 0 Å². The number of benzene rings is 11. The Morgan fingerprint density at radius 1 is 0.427 bits per heavy atom. The molecule has 0 N–H and O–H groups in total. The Hall–Kier alpha value is -10.1. The van der Waals surface area contributed by atoms with Crippen LogP contribution in [0.1, 0.15) is 30.5 Å². The summed E-state index contributed by atoms with van der Waals surface area (Å²) in [5.41, 5.74) is 17.3. The molecule has 6 nitrogen and oxygen atoms in total. The van der Waals surface area contributed by atoms with Gasteiger partial charge in [0.25, 0.3) is 0 Å². The van der Waals surface area contributed by atoms with Crippen LogP contribution >= 0.6 is 0 Å². The van der Waals surface area contributed by atoms with Gasteiger partial charge in [0.15, 0.2) is 0 Å². The molecule has 1 aliphatic rings. The maximum atomic E-state index is 11.5. The molecule has 0 saturated carbocycles. The van der Waals surface area contributed by atoms with Crippen molar-refractivity contribution in [1.82, 2.24) is 13.7 Å². The number of hydrogen-bond donors (Lipinski definition) is 0. The number of rotatable bonds is 6. The topological polar surface area (TPSA) is 46.2 Å². The Morgan fingerprint density at radius 3 is 1.73 bits per heavy atom. The molecule has 15 rings (SSSR count). The summed E-state index contributed by atoms with van der Waals surface area (Å²) in [6.07, 6.45) is 0. The van der Waals surface area contributed by atoms with Crippen molar-refractivity contribution in [3.63, 3.8) is 0 Å². The average Bonchev–Trinajstić information content (AvgIpc) is 4.18. The fraction of sp³-hybridized carbons (Fsp3) is 0.0435. The standard InChI is InChI=1S/C69H44N6/c1-69(2)57-27-15-12-24-50(57)53-39-55-54-37-48(73-60-28-16-13-25-51(60)52-26-14-17-29-61(52)73)32-34-62(54)75(66(55)40-58(53)69)65-41-59(71-3)67(36-44(65)42-70)74-63-35-31-47(72(45-19-6-4-7-20-45)46-21-8-5-9-22-46)38-56(63)68-49-23-11-10-18-43(49)30-33-64(68)74/h4-41H,1-2H3. The number of para-hydroxylation sites is 4. The van der Waals surface area contributed by atoms with E-state index in [1.54, 1.807) is 0 Å². The first-order chi connectivity index (χ1) is 36.9. The lowest BCUT2D eigenvalue weighted by atomic mass is 9.82. The molecule has 0 bridgehead atoms. The highest BCUT2D eigenvalue weighted by Crippen LogP contribution is 2.52. The minimum atomic E-state index is -0.265. The summed E-state index contributed by atoms with van der Waals surface area (Å²) in [5.74, 6) is 0. The molecule has 3 aromatic heterocycles. The first-order valence-corrected chi connectivity index (χ1v) is 25.4. The minimum Gasteiger partial charge on any atom is -0.319 e. The van der Waals surface area contributed by atoms with Gasteiger partial charge in [-0.1, -0.05) is 141 Å². The van der Waals surface area contributed by atoms with Crippen LogP contribution in [0.4, 0.5) is 22.7 Å². The summed E-state index contributed by atoms with van der Waals surface area (Å²) in [6, 6.07) is 84.4. The fourth-order valence-electron chi connectivity index (χ4n) is 12.7. The second-order valence-electron chi connectivity index (χ2n) is 20.3. The summed E-state index contributed by atoms with van der Waals surface area (Å²) < 4.78 is 6.80. The number of nitriles is 1. The SMILES string of the molecule is [C-]#[N+]c1cc(-n2c3ccc(-n4c5ccccc5c5ccccc54)cc3c3cc4c(cc32)C(C)(C)c2ccccc2-4)c(C#N)cc1-n1c2ccc(N(c3ccccc3)c3ccccc3)cc2c2c3ccccc3ccc21. The van der Waals surface area contributed by atoms with E-state index in [-0.39, 0.29) is 5.41 Å². The maximum Gasteiger partial charge on any atom is 0.212 e. The van der Waals surface area contributed by atoms with Gasteiger partial charge < -0.3 is 18.6 Å². The first kappa shape index (κ1) is 42.5. The van der Waals surface area contributed by atoms with Gasteiger partial charge in [-0.25, -0.2) is 4.85 Å². The molecule has 0 saturated heterocycles. The van der Waals surface area contributed by atoms with Crippen LogP contribution in [0.2, 0.25) is 0 Å². The predicted octanol–water partition coefficient (Wildman–Crippen LogP) is 18.3. The molecule has 6 heteroatoms. The largest absolute Gasteiger partial charge is 0.319 e. The van der Waals surface area contributed by atoms with Crippen molar-refractivity contribution >= 4 is 98.9 Å². The zero-order valence-electron chi connectivity index (χ0n) is 41.1. The molecule has 0 atom stereocenters. The first-order valence-electron chi connectivity index (χ1n) is 25.4. The Bertz CT molecular complexity index is 4730. The van der Waals surface area contributed by atoms with Gasteiger partial charge in [0, 0.05) is 60.5 Å². The third-order valence-corrected chi connectivity index (χ3v) is 16.0. The van der Waals surface area contributed by atoms with Crippen LogP contribution < -0.4 is 4.90 Å². The van der Waals surface area contributed by atoms with Gasteiger partial charge >= 0.3 is 0 Å². The Labute approximate surface area is 432 Å². The normalized spacial score (nSPS) is 12.7. The molecule has 11 aromatic carbocycles. The van der Waals surface area contributed by atoms with Crippen molar-refractivity contribution in [2.24, 2.45) is 0 Å². The monoisotopic (exact) mass is 956 g/mol. The predicted molar refractivity (Wildman–Crippen MR) is 310 cm³/mol. The number of fused-ring (bicyclic) bond motifs is 14. The van der Waals surface area contributed by atoms with Gasteiger partial charge in [-0.2, -0.15) is 5.26 Å². The van der Waals surface area contributed by atoms with E-state index in [1.807, 2.05) is 24.3 Å². The number of hydrogen-bond acceptors (Lipinski definition) is 2. The van der Waals surface area contributed by atoms with E-state index in [9.17, 15) is 5.26 Å². The van der Waals surface area contributed by atoms with Crippen molar-refractivity contribution in [2.75, 3.05) is 4.90 Å². The van der Waals surface area contributed by atoms with Crippen molar-refractivity contribution in [3.05, 3.63) is 259 Å². The van der Waals surface area contributed by atoms with E-state index in [1.165, 1.54) is 33.0 Å². The highest BCUT2D eigenvalue weighted by atomic mass is 15.1. The smallest absolute Gasteiger partial charge is 0.212 e. The number of nitrogens with zero attached hydrogens (tertiary/aromatic N) is 6. The lowest BCUT2D eigenvalue weighted by Gasteiger charge is -2.25. The summed E-state index contributed by atoms with van der Waals surface area (Å²) in [7, 11) is 0. The molecule has 0 fully saturated rings. The highest BCUT2D eigenvalue weighted by Gasteiger charge is 2.36. The van der Waals surface area contributed by atoms with E-state index in [0.717, 1.165) is 88.2 Å². The van der Waals surface area contributed by atoms with E-state index in [0.29, 0.717) is 22.6 Å². The third-order valence-electron chi connectivity index (χ3n) is 16.0. The lowest BCUT2D eigenvalue weighted by molar-refractivity contribution is 0.661. The van der Waals surface area contributed by atoms with Crippen LogP contribution in [0.15, 0.2) is 231 Å². The molecule has 0 unspecified atom stereocenters. The maximum absolute atomic E-state index is 11.5. The van der Waals surface area contributed by atoms with Gasteiger partial charge in [0.2, 0.25) is 5.69 Å². The van der Waals surface area contributed by atoms with Crippen LogP contribution in [-0.2, 0) is 5.41 Å². The zero-order valence-corrected chi connectivity index (χ0v) is 41.1. The van der Waals surface area contributed by atoms with E-state index >= 15 is 0 Å². The summed E-state index contributed by atoms with van der Waals surface area (Å²) in [5, 5.41) is 20.4. The van der Waals surface area contributed by atoms with Crippen LogP contribution in [0, 0.1) is 17.9 Å². The molecular weight excluding hydrogens is 913 g/mol. The molecule has 1 aliphatic carbocycles. The molecular formula is C69H44N6. The van der Waals surface area contributed by atoms with Gasteiger partial charge in [0.1, 0.15) is 6.07 Å². The van der Waals surface area contributed by atoms with Gasteiger partial charge in [-0.3, -0.25) is 0 Å². The molecule has 14 aromatic rings. The van der Waals surface area contributed by atoms with Crippen molar-refractivity contribution < 1.29 is 0 Å². The van der Waals surface area contributed by atoms with Crippen LogP contribution in [0.25, 0.3) is 109 Å². The van der Waals surface area contributed by atoms with Gasteiger partial charge in [0.05, 0.1) is 56.6 Å². The molecule has 0 radical (unpaired) electrons. The highest BCUT2D eigenvalue weighted by molar-refractivity contribution is 6.22. The second kappa shape index (κ2) is 15.9. The molecule has 0 spiro atoms. The Balaban J connectivity index is 0.990. The number of aromatic nitrogens is 3. The second-order valence-corrected chi connectivity index (χ2v) is 20.3. The summed E-state index contributed by atoms with van der Waals surface area (Å²) in [4.78, 5) is 6.63. The zero-order chi connectivity index (χ0) is 50.1. The number of anilines is 3. The third kappa shape index (κ3) is 6.06. The summed E-state index contributed by atoms with van der Waals surface area (Å²) >= 11 is 0. The van der Waals surface area contributed by atoms with Gasteiger partial charge in [-0.05, 0) is 136 Å². The van der Waals surface area contributed by atoms with Gasteiger partial charge in [-0.15, -0.1) is 0 Å². The van der Waals surface area contributed by atoms with Crippen LogP contribution in [0.3, 0.4) is 0 Å². The molecule has 0 amide bonds. The van der Waals surface area contributed by atoms with Crippen molar-refractivity contribution in [1.29, 1.82) is 5.26 Å². The molecule has 75 heavy (non-hydrogen) atoms. The molecule has 350 valence electrons. The average molecular weight is 957 g/mol. The van der Waals surface area contributed by atoms with Crippen molar-refractivity contribution in [3.8, 4) is 34.3 Å². The quantitative estimate of drug-likeness (QED) is 0.156. The fourth-order valence-corrected chi connectivity index (χ4v) is 12.7. The molecule has 3 heterocycles. The Kier molecular flexibility index (Phi) is 9.03. The lowest BCUT2D eigenvalue weighted by Crippen LogP contribution is -2.15. The Morgan fingerprint density at radius 2 is 1.01 bits per heavy atom. The van der Waals surface area contributed by atoms with Crippen LogP contribution in [-0.4, -0.2) is 13.7 Å².